The number of amides is 1. The van der Waals surface area contributed by atoms with E-state index in [4.69, 9.17) is 10.5 Å². The number of carbonyl (C=O) groups is 1. The Balaban J connectivity index is 1.93. The highest BCUT2D eigenvalue weighted by Gasteiger charge is 2.12. The van der Waals surface area contributed by atoms with Gasteiger partial charge in [0, 0.05) is 35.2 Å². The van der Waals surface area contributed by atoms with E-state index in [1.165, 1.54) is 18.5 Å². The Morgan fingerprint density at radius 2 is 1.96 bits per heavy atom. The number of halogens is 2. The quantitative estimate of drug-likeness (QED) is 0.741. The number of alkyl halides is 2. The molecule has 0 atom stereocenters. The van der Waals surface area contributed by atoms with Gasteiger partial charge < -0.3 is 10.5 Å². The molecule has 0 fully saturated rings. The molecule has 0 aliphatic carbocycles. The first kappa shape index (κ1) is 17.5. The molecule has 0 radical (unpaired) electrons. The average molecular weight is 355 g/mol. The summed E-state index contributed by atoms with van der Waals surface area (Å²) in [6, 6.07) is 9.66. The van der Waals surface area contributed by atoms with Crippen LogP contribution in [-0.2, 0) is 0 Å². The van der Waals surface area contributed by atoms with Crippen molar-refractivity contribution in [2.75, 3.05) is 0 Å². The van der Waals surface area contributed by atoms with Crippen LogP contribution in [-0.4, -0.2) is 15.9 Å². The number of ether oxygens (including phenoxy) is 1. The largest absolute Gasteiger partial charge is 0.456 e. The van der Waals surface area contributed by atoms with E-state index in [9.17, 15) is 13.6 Å². The third-order valence-electron chi connectivity index (χ3n) is 3.83. The Morgan fingerprint density at radius 1 is 1.15 bits per heavy atom. The second-order valence-electron chi connectivity index (χ2n) is 5.58. The Hall–Kier alpha value is -3.35. The maximum Gasteiger partial charge on any atom is 0.265 e. The number of aromatic nitrogens is 2. The van der Waals surface area contributed by atoms with E-state index in [-0.39, 0.29) is 11.3 Å². The molecule has 5 nitrogen and oxygen atoms in total. The van der Waals surface area contributed by atoms with Crippen molar-refractivity contribution in [2.24, 2.45) is 5.73 Å². The molecule has 132 valence electrons. The zero-order valence-corrected chi connectivity index (χ0v) is 13.8. The van der Waals surface area contributed by atoms with Gasteiger partial charge in [0.1, 0.15) is 11.5 Å². The Labute approximate surface area is 148 Å². The Kier molecular flexibility index (Phi) is 4.88. The molecule has 0 unspecified atom stereocenters. The van der Waals surface area contributed by atoms with E-state index >= 15 is 0 Å². The Morgan fingerprint density at radius 3 is 2.69 bits per heavy atom. The van der Waals surface area contributed by atoms with Crippen LogP contribution in [0.1, 0.15) is 27.9 Å². The Bertz CT molecular complexity index is 961. The lowest BCUT2D eigenvalue weighted by atomic mass is 9.99. The molecule has 1 aromatic carbocycles. The van der Waals surface area contributed by atoms with Gasteiger partial charge in [0.05, 0.1) is 11.9 Å². The van der Waals surface area contributed by atoms with E-state index in [0.717, 1.165) is 11.8 Å². The third kappa shape index (κ3) is 3.66. The number of nitrogens with two attached hydrogens (primary N) is 1. The smallest absolute Gasteiger partial charge is 0.265 e. The summed E-state index contributed by atoms with van der Waals surface area (Å²) in [6.45, 7) is 1.78. The molecular weight excluding hydrogens is 340 g/mol. The number of nitrogens with zero attached hydrogens (tertiary/aromatic N) is 2. The van der Waals surface area contributed by atoms with Crippen molar-refractivity contribution in [1.82, 2.24) is 9.97 Å². The van der Waals surface area contributed by atoms with Gasteiger partial charge in [0.25, 0.3) is 6.43 Å². The summed E-state index contributed by atoms with van der Waals surface area (Å²) in [5.74, 6) is 0.0845. The number of benzene rings is 1. The van der Waals surface area contributed by atoms with Gasteiger partial charge in [0.2, 0.25) is 5.91 Å². The normalized spacial score (nSPS) is 10.8. The van der Waals surface area contributed by atoms with Crippen molar-refractivity contribution in [1.29, 1.82) is 0 Å². The zero-order valence-electron chi connectivity index (χ0n) is 13.8. The molecule has 0 spiro atoms. The van der Waals surface area contributed by atoms with Crippen molar-refractivity contribution in [2.45, 2.75) is 13.3 Å². The molecule has 0 aliphatic heterocycles. The van der Waals surface area contributed by atoms with Gasteiger partial charge in [-0.3, -0.25) is 14.8 Å². The molecule has 0 aliphatic rings. The van der Waals surface area contributed by atoms with Crippen LogP contribution in [0.4, 0.5) is 8.78 Å². The molecule has 0 saturated heterocycles. The number of primary amides is 1. The highest BCUT2D eigenvalue weighted by molar-refractivity contribution is 5.96. The van der Waals surface area contributed by atoms with Crippen LogP contribution >= 0.6 is 0 Å². The van der Waals surface area contributed by atoms with Crippen LogP contribution in [0.25, 0.3) is 11.3 Å². The first-order valence-electron chi connectivity index (χ1n) is 7.72. The van der Waals surface area contributed by atoms with Crippen LogP contribution in [0.5, 0.6) is 11.5 Å². The summed E-state index contributed by atoms with van der Waals surface area (Å²) in [4.78, 5) is 19.6. The number of rotatable bonds is 5. The minimum absolute atomic E-state index is 0.197. The summed E-state index contributed by atoms with van der Waals surface area (Å²) >= 11 is 0. The number of hydrogen-bond acceptors (Lipinski definition) is 4. The molecule has 0 saturated carbocycles. The first-order valence-corrected chi connectivity index (χ1v) is 7.72. The van der Waals surface area contributed by atoms with Crippen LogP contribution in [0.2, 0.25) is 0 Å². The molecule has 7 heteroatoms. The lowest BCUT2D eigenvalue weighted by molar-refractivity contribution is 0.0999. The summed E-state index contributed by atoms with van der Waals surface area (Å²) in [6.07, 6.45) is 1.35. The van der Waals surface area contributed by atoms with Crippen molar-refractivity contribution < 1.29 is 18.3 Å². The lowest BCUT2D eigenvalue weighted by Gasteiger charge is -2.11. The third-order valence-corrected chi connectivity index (χ3v) is 3.83. The van der Waals surface area contributed by atoms with Crippen LogP contribution < -0.4 is 10.5 Å². The van der Waals surface area contributed by atoms with Crippen LogP contribution in [0.15, 0.2) is 55.0 Å². The van der Waals surface area contributed by atoms with Crippen molar-refractivity contribution in [3.63, 3.8) is 0 Å². The van der Waals surface area contributed by atoms with Gasteiger partial charge in [-0.1, -0.05) is 12.1 Å². The van der Waals surface area contributed by atoms with E-state index in [0.29, 0.717) is 22.6 Å². The van der Waals surface area contributed by atoms with Gasteiger partial charge in [-0.2, -0.15) is 0 Å². The van der Waals surface area contributed by atoms with Crippen LogP contribution in [0.3, 0.4) is 0 Å². The fourth-order valence-electron chi connectivity index (χ4n) is 2.55. The van der Waals surface area contributed by atoms with E-state index in [2.05, 4.69) is 9.97 Å². The van der Waals surface area contributed by atoms with E-state index < -0.39 is 12.3 Å². The summed E-state index contributed by atoms with van der Waals surface area (Å²) in [5, 5.41) is 0. The van der Waals surface area contributed by atoms with Gasteiger partial charge in [0.15, 0.2) is 0 Å². The topological polar surface area (TPSA) is 78.1 Å². The molecule has 2 N–H and O–H groups in total. The van der Waals surface area contributed by atoms with Gasteiger partial charge in [-0.05, 0) is 30.7 Å². The van der Waals surface area contributed by atoms with Gasteiger partial charge in [-0.25, -0.2) is 8.78 Å². The first-order chi connectivity index (χ1) is 12.5. The predicted octanol–water partition coefficient (Wildman–Crippen LogP) is 4.28. The summed E-state index contributed by atoms with van der Waals surface area (Å²) in [5.41, 5.74) is 7.56. The van der Waals surface area contributed by atoms with Crippen LogP contribution in [0, 0.1) is 6.92 Å². The second kappa shape index (κ2) is 7.26. The minimum atomic E-state index is -2.63. The molecule has 3 aromatic rings. The van der Waals surface area contributed by atoms with E-state index in [1.54, 1.807) is 31.2 Å². The van der Waals surface area contributed by atoms with Crippen molar-refractivity contribution in [3.8, 4) is 22.8 Å². The highest BCUT2D eigenvalue weighted by Crippen LogP contribution is 2.29. The molecule has 2 aromatic heterocycles. The second-order valence-corrected chi connectivity index (χ2v) is 5.58. The maximum absolute atomic E-state index is 12.8. The summed E-state index contributed by atoms with van der Waals surface area (Å²) < 4.78 is 31.2. The zero-order chi connectivity index (χ0) is 18.7. The number of hydrogen-bond donors (Lipinski definition) is 1. The average Bonchev–Trinajstić information content (AvgIpc) is 2.62. The van der Waals surface area contributed by atoms with Gasteiger partial charge in [-0.15, -0.1) is 0 Å². The maximum atomic E-state index is 12.8. The van der Waals surface area contributed by atoms with Crippen molar-refractivity contribution >= 4 is 5.91 Å². The molecule has 2 heterocycles. The minimum Gasteiger partial charge on any atom is -0.456 e. The predicted molar refractivity (Wildman–Crippen MR) is 92.2 cm³/mol. The molecule has 26 heavy (non-hydrogen) atoms. The molecular formula is C19H15F2N3O2. The highest BCUT2D eigenvalue weighted by atomic mass is 19.3. The monoisotopic (exact) mass is 355 g/mol. The molecule has 0 bridgehead atoms. The fourth-order valence-corrected chi connectivity index (χ4v) is 2.55. The molecule has 3 rings (SSSR count). The molecule has 1 amide bonds. The fraction of sp³-hybridized carbons (Fsp3) is 0.105. The van der Waals surface area contributed by atoms with E-state index in [1.807, 2.05) is 6.07 Å². The van der Waals surface area contributed by atoms with Gasteiger partial charge >= 0.3 is 0 Å². The SMILES string of the molecule is Cc1c(C(N)=O)cccc1-c1cc(Oc2cncc(C(F)F)c2)ccn1. The number of carbonyl (C=O) groups excluding carboxylic acids is 1. The summed E-state index contributed by atoms with van der Waals surface area (Å²) in [7, 11) is 0. The number of pyridine rings is 2. The standard InChI is InChI=1S/C19H15F2N3O2/c1-11-15(3-2-4-16(11)19(22)25)17-8-13(5-6-24-17)26-14-7-12(18(20)21)9-23-10-14/h2-10,18H,1H3,(H2,22,25). The van der Waals surface area contributed by atoms with Crippen molar-refractivity contribution in [3.05, 3.63) is 71.7 Å². The lowest BCUT2D eigenvalue weighted by Crippen LogP contribution is -2.13.